The van der Waals surface area contributed by atoms with Crippen molar-refractivity contribution in [2.75, 3.05) is 7.11 Å². The van der Waals surface area contributed by atoms with Crippen LogP contribution in [0.15, 0.2) is 6.07 Å². The largest absolute Gasteiger partial charge is 0.574 e. The molecule has 0 bridgehead atoms. The van der Waals surface area contributed by atoms with E-state index >= 15 is 0 Å². The Morgan fingerprint density at radius 3 is 2.48 bits per heavy atom. The summed E-state index contributed by atoms with van der Waals surface area (Å²) < 4.78 is 70.7. The van der Waals surface area contributed by atoms with Gasteiger partial charge in [0.05, 0.1) is 24.8 Å². The number of hydrogen-bond acceptors (Lipinski definition) is 4. The summed E-state index contributed by atoms with van der Waals surface area (Å²) in [6.07, 6.45) is -9.09. The summed E-state index contributed by atoms with van der Waals surface area (Å²) in [6, 6.07) is 1.09. The number of methoxy groups -OCH3 is 1. The van der Waals surface area contributed by atoms with Gasteiger partial charge in [0.2, 0.25) is 5.88 Å². The molecular weight excluding hydrogens is 369 g/mol. The maximum atomic E-state index is 13.0. The molecule has 0 aromatic carbocycles. The molecule has 1 heterocycles. The van der Waals surface area contributed by atoms with E-state index in [0.717, 1.165) is 13.2 Å². The number of carbonyl (C=O) groups is 1. The van der Waals surface area contributed by atoms with Crippen LogP contribution in [0.4, 0.5) is 22.0 Å². The minimum absolute atomic E-state index is 0.00108. The second kappa shape index (κ2) is 7.01. The summed E-state index contributed by atoms with van der Waals surface area (Å²) in [5.74, 6) is -2.14. The lowest BCUT2D eigenvalue weighted by molar-refractivity contribution is -0.276. The molecule has 0 saturated heterocycles. The molecule has 0 aliphatic heterocycles. The number of ether oxygens (including phenoxy) is 2. The number of esters is 1. The van der Waals surface area contributed by atoms with Crippen LogP contribution < -0.4 is 4.74 Å². The molecule has 1 aromatic heterocycles. The lowest BCUT2D eigenvalue weighted by atomic mass is 10.1. The molecule has 118 valence electrons. The van der Waals surface area contributed by atoms with Crippen molar-refractivity contribution in [2.45, 2.75) is 24.5 Å². The molecule has 10 heteroatoms. The molecule has 0 aliphatic rings. The van der Waals surface area contributed by atoms with Gasteiger partial charge in [-0.05, 0) is 11.6 Å². The minimum atomic E-state index is -5.18. The Labute approximate surface area is 124 Å². The standard InChI is InChI=1S/C11H9BrF5NO3/c1-20-7(19)3-5-2-6(4-12)18-10(8(5)9(13)14)21-11(15,16)17/h2,9H,3-4H2,1H3. The third-order valence-corrected chi connectivity index (χ3v) is 2.87. The Kier molecular flexibility index (Phi) is 5.87. The third-order valence-electron chi connectivity index (χ3n) is 2.29. The first-order valence-corrected chi connectivity index (χ1v) is 6.49. The summed E-state index contributed by atoms with van der Waals surface area (Å²) >= 11 is 2.95. The van der Waals surface area contributed by atoms with Gasteiger partial charge in [-0.3, -0.25) is 4.79 Å². The van der Waals surface area contributed by atoms with Gasteiger partial charge in [0.15, 0.2) is 0 Å². The predicted octanol–water partition coefficient (Wildman–Crippen LogP) is 3.53. The fourth-order valence-electron chi connectivity index (χ4n) is 1.50. The van der Waals surface area contributed by atoms with Gasteiger partial charge in [-0.2, -0.15) is 0 Å². The van der Waals surface area contributed by atoms with E-state index in [4.69, 9.17) is 0 Å². The van der Waals surface area contributed by atoms with Crippen LogP contribution in [0.2, 0.25) is 0 Å². The highest BCUT2D eigenvalue weighted by Crippen LogP contribution is 2.35. The zero-order valence-corrected chi connectivity index (χ0v) is 12.1. The van der Waals surface area contributed by atoms with Gasteiger partial charge >= 0.3 is 12.3 Å². The van der Waals surface area contributed by atoms with Crippen molar-refractivity contribution in [1.29, 1.82) is 0 Å². The highest BCUT2D eigenvalue weighted by molar-refractivity contribution is 9.08. The monoisotopic (exact) mass is 377 g/mol. The summed E-state index contributed by atoms with van der Waals surface area (Å²) in [5.41, 5.74) is -1.40. The van der Waals surface area contributed by atoms with Gasteiger partial charge < -0.3 is 9.47 Å². The van der Waals surface area contributed by atoms with Gasteiger partial charge in [0, 0.05) is 5.33 Å². The normalized spacial score (nSPS) is 11.6. The van der Waals surface area contributed by atoms with Crippen molar-refractivity contribution in [2.24, 2.45) is 0 Å². The molecule has 0 radical (unpaired) electrons. The second-order valence-electron chi connectivity index (χ2n) is 3.73. The van der Waals surface area contributed by atoms with E-state index in [1.165, 1.54) is 0 Å². The summed E-state index contributed by atoms with van der Waals surface area (Å²) in [7, 11) is 1.03. The predicted molar refractivity (Wildman–Crippen MR) is 64.2 cm³/mol. The SMILES string of the molecule is COC(=O)Cc1cc(CBr)nc(OC(F)(F)F)c1C(F)F. The van der Waals surface area contributed by atoms with Crippen molar-refractivity contribution >= 4 is 21.9 Å². The first-order valence-electron chi connectivity index (χ1n) is 5.37. The molecule has 4 nitrogen and oxygen atoms in total. The van der Waals surface area contributed by atoms with Crippen molar-refractivity contribution in [3.8, 4) is 5.88 Å². The van der Waals surface area contributed by atoms with Crippen LogP contribution in [0.5, 0.6) is 5.88 Å². The van der Waals surface area contributed by atoms with E-state index in [1.807, 2.05) is 0 Å². The van der Waals surface area contributed by atoms with E-state index in [9.17, 15) is 26.7 Å². The second-order valence-corrected chi connectivity index (χ2v) is 4.29. The van der Waals surface area contributed by atoms with Gasteiger partial charge in [0.1, 0.15) is 0 Å². The number of halogens is 6. The number of carbonyl (C=O) groups excluding carboxylic acids is 1. The van der Waals surface area contributed by atoms with Crippen LogP contribution in [0.1, 0.15) is 23.2 Å². The van der Waals surface area contributed by atoms with Gasteiger partial charge in [-0.15, -0.1) is 13.2 Å². The van der Waals surface area contributed by atoms with E-state index in [-0.39, 0.29) is 16.6 Å². The highest BCUT2D eigenvalue weighted by atomic mass is 79.9. The van der Waals surface area contributed by atoms with Crippen LogP contribution in [0, 0.1) is 0 Å². The van der Waals surface area contributed by atoms with E-state index in [1.54, 1.807) is 0 Å². The molecule has 0 spiro atoms. The first kappa shape index (κ1) is 17.6. The lowest BCUT2D eigenvalue weighted by Gasteiger charge is -2.16. The first-order chi connectivity index (χ1) is 9.67. The molecule has 0 amide bonds. The maximum absolute atomic E-state index is 13.0. The number of hydrogen-bond donors (Lipinski definition) is 0. The zero-order valence-electron chi connectivity index (χ0n) is 10.5. The number of pyridine rings is 1. The summed E-state index contributed by atoms with van der Waals surface area (Å²) in [6.45, 7) is 0. The Bertz CT molecular complexity index is 521. The molecule has 0 fully saturated rings. The van der Waals surface area contributed by atoms with E-state index in [2.05, 4.69) is 30.4 Å². The fourth-order valence-corrected chi connectivity index (χ4v) is 1.79. The average Bonchev–Trinajstić information content (AvgIpc) is 2.35. The Hall–Kier alpha value is -1.45. The van der Waals surface area contributed by atoms with E-state index < -0.39 is 36.6 Å². The minimum Gasteiger partial charge on any atom is -0.469 e. The van der Waals surface area contributed by atoms with Crippen LogP contribution in [0.3, 0.4) is 0 Å². The molecular formula is C11H9BrF5NO3. The molecule has 0 N–H and O–H groups in total. The van der Waals surface area contributed by atoms with Crippen molar-refractivity contribution in [1.82, 2.24) is 4.98 Å². The summed E-state index contributed by atoms with van der Waals surface area (Å²) in [5, 5.41) is -0.00108. The molecule has 0 atom stereocenters. The van der Waals surface area contributed by atoms with Crippen LogP contribution in [0.25, 0.3) is 0 Å². The summed E-state index contributed by atoms with van der Waals surface area (Å²) in [4.78, 5) is 14.6. The number of rotatable bonds is 5. The fraction of sp³-hybridized carbons (Fsp3) is 0.455. The topological polar surface area (TPSA) is 48.4 Å². The van der Waals surface area contributed by atoms with Crippen LogP contribution in [-0.4, -0.2) is 24.4 Å². The van der Waals surface area contributed by atoms with Gasteiger partial charge in [-0.1, -0.05) is 15.9 Å². The van der Waals surface area contributed by atoms with Crippen LogP contribution in [-0.2, 0) is 21.3 Å². The Balaban J connectivity index is 3.38. The number of aromatic nitrogens is 1. The van der Waals surface area contributed by atoms with Gasteiger partial charge in [0.25, 0.3) is 6.43 Å². The van der Waals surface area contributed by atoms with Crippen LogP contribution >= 0.6 is 15.9 Å². The number of nitrogens with zero attached hydrogens (tertiary/aromatic N) is 1. The molecule has 0 saturated carbocycles. The Morgan fingerprint density at radius 1 is 1.43 bits per heavy atom. The van der Waals surface area contributed by atoms with Crippen molar-refractivity contribution < 1.29 is 36.2 Å². The molecule has 1 aromatic rings. The van der Waals surface area contributed by atoms with Crippen molar-refractivity contribution in [3.05, 3.63) is 22.9 Å². The van der Waals surface area contributed by atoms with E-state index in [0.29, 0.717) is 0 Å². The zero-order chi connectivity index (χ0) is 16.2. The number of alkyl halides is 6. The lowest BCUT2D eigenvalue weighted by Crippen LogP contribution is -2.20. The van der Waals surface area contributed by atoms with Gasteiger partial charge in [-0.25, -0.2) is 13.8 Å². The third kappa shape index (κ3) is 5.10. The molecule has 0 unspecified atom stereocenters. The molecule has 0 aliphatic carbocycles. The molecule has 1 rings (SSSR count). The highest BCUT2D eigenvalue weighted by Gasteiger charge is 2.35. The van der Waals surface area contributed by atoms with Crippen molar-refractivity contribution in [3.63, 3.8) is 0 Å². The maximum Gasteiger partial charge on any atom is 0.574 e. The quantitative estimate of drug-likeness (QED) is 0.447. The smallest absolute Gasteiger partial charge is 0.469 e. The Morgan fingerprint density at radius 2 is 2.05 bits per heavy atom. The average molecular weight is 378 g/mol. The molecule has 21 heavy (non-hydrogen) atoms.